The van der Waals surface area contributed by atoms with Crippen molar-refractivity contribution in [1.29, 1.82) is 0 Å². The maximum atomic E-state index is 6.31. The number of halogens is 1. The highest BCUT2D eigenvalue weighted by Gasteiger charge is 2.16. The van der Waals surface area contributed by atoms with E-state index in [-0.39, 0.29) is 0 Å². The maximum absolute atomic E-state index is 6.31. The van der Waals surface area contributed by atoms with Gasteiger partial charge in [0.1, 0.15) is 0 Å². The van der Waals surface area contributed by atoms with Gasteiger partial charge in [0.25, 0.3) is 0 Å². The van der Waals surface area contributed by atoms with E-state index >= 15 is 0 Å². The monoisotopic (exact) mass is 325 g/mol. The van der Waals surface area contributed by atoms with Gasteiger partial charge < -0.3 is 15.2 Å². The average molecular weight is 326 g/mol. The first-order chi connectivity index (χ1) is 10.2. The summed E-state index contributed by atoms with van der Waals surface area (Å²) in [6.45, 7) is 3.08. The number of hydrogen-bond acceptors (Lipinski definition) is 4. The molecule has 114 valence electrons. The van der Waals surface area contributed by atoms with E-state index in [1.165, 1.54) is 4.88 Å². The number of methoxy groups -OCH3 is 1. The summed E-state index contributed by atoms with van der Waals surface area (Å²) in [7, 11) is 1.62. The van der Waals surface area contributed by atoms with E-state index in [9.17, 15) is 0 Å². The average Bonchev–Trinajstić information content (AvgIpc) is 3.01. The van der Waals surface area contributed by atoms with Gasteiger partial charge in [-0.15, -0.1) is 11.3 Å². The molecule has 0 fully saturated rings. The second-order valence-electron chi connectivity index (χ2n) is 4.69. The van der Waals surface area contributed by atoms with E-state index in [0.717, 1.165) is 12.0 Å². The van der Waals surface area contributed by atoms with E-state index < -0.39 is 0 Å². The molecule has 0 aliphatic heterocycles. The van der Waals surface area contributed by atoms with Crippen LogP contribution in [0.2, 0.25) is 5.02 Å². The smallest absolute Gasteiger partial charge is 0.179 e. The van der Waals surface area contributed by atoms with Crippen molar-refractivity contribution in [2.24, 2.45) is 5.73 Å². The minimum Gasteiger partial charge on any atom is -0.493 e. The third-order valence-corrected chi connectivity index (χ3v) is 4.61. The molecule has 3 nitrogen and oxygen atoms in total. The predicted octanol–water partition coefficient (Wildman–Crippen LogP) is 4.09. The van der Waals surface area contributed by atoms with E-state index in [2.05, 4.69) is 17.5 Å². The van der Waals surface area contributed by atoms with Gasteiger partial charge in [0, 0.05) is 17.3 Å². The highest BCUT2D eigenvalue weighted by atomic mass is 35.5. The molecule has 2 aromatic rings. The van der Waals surface area contributed by atoms with Crippen LogP contribution >= 0.6 is 22.9 Å². The molecule has 2 rings (SSSR count). The van der Waals surface area contributed by atoms with Crippen LogP contribution in [0.5, 0.6) is 11.5 Å². The lowest BCUT2D eigenvalue weighted by molar-refractivity contribution is 0.311. The SMILES string of the molecule is CCOc1c(Cl)cc(CC(CN)c2cccs2)cc1OC. The number of hydrogen-bond donors (Lipinski definition) is 1. The Morgan fingerprint density at radius 2 is 2.19 bits per heavy atom. The molecular formula is C16H20ClNO2S. The fourth-order valence-corrected chi connectivity index (χ4v) is 3.41. The Labute approximate surface area is 134 Å². The van der Waals surface area contributed by atoms with E-state index in [4.69, 9.17) is 26.8 Å². The number of benzene rings is 1. The van der Waals surface area contributed by atoms with Gasteiger partial charge in [-0.25, -0.2) is 0 Å². The second kappa shape index (κ2) is 7.69. The normalized spacial score (nSPS) is 12.2. The van der Waals surface area contributed by atoms with Crippen molar-refractivity contribution in [1.82, 2.24) is 0 Å². The van der Waals surface area contributed by atoms with E-state index in [1.807, 2.05) is 19.1 Å². The minimum atomic E-state index is 0.295. The van der Waals surface area contributed by atoms with Crippen molar-refractivity contribution >= 4 is 22.9 Å². The lowest BCUT2D eigenvalue weighted by Gasteiger charge is -2.16. The van der Waals surface area contributed by atoms with Crippen molar-refractivity contribution in [2.45, 2.75) is 19.3 Å². The van der Waals surface area contributed by atoms with E-state index in [0.29, 0.717) is 35.6 Å². The molecule has 0 bridgehead atoms. The number of rotatable bonds is 7. The molecule has 0 saturated heterocycles. The Hall–Kier alpha value is -1.23. The molecule has 2 N–H and O–H groups in total. The van der Waals surface area contributed by atoms with Crippen LogP contribution < -0.4 is 15.2 Å². The molecule has 1 aromatic heterocycles. The van der Waals surface area contributed by atoms with Crippen LogP contribution in [-0.2, 0) is 6.42 Å². The van der Waals surface area contributed by atoms with E-state index in [1.54, 1.807) is 18.4 Å². The summed E-state index contributed by atoms with van der Waals surface area (Å²) in [4.78, 5) is 1.29. The summed E-state index contributed by atoms with van der Waals surface area (Å²) in [6.07, 6.45) is 0.833. The Morgan fingerprint density at radius 1 is 1.38 bits per heavy atom. The Balaban J connectivity index is 2.26. The van der Waals surface area contributed by atoms with Crippen molar-refractivity contribution in [3.63, 3.8) is 0 Å². The highest BCUT2D eigenvalue weighted by Crippen LogP contribution is 2.37. The topological polar surface area (TPSA) is 44.5 Å². The Kier molecular flexibility index (Phi) is 5.91. The molecule has 0 spiro atoms. The summed E-state index contributed by atoms with van der Waals surface area (Å²) in [5.41, 5.74) is 7.02. The molecule has 1 aromatic carbocycles. The van der Waals surface area contributed by atoms with Gasteiger partial charge in [-0.2, -0.15) is 0 Å². The quantitative estimate of drug-likeness (QED) is 0.833. The first-order valence-corrected chi connectivity index (χ1v) is 8.18. The Bertz CT molecular complexity index is 572. The zero-order chi connectivity index (χ0) is 15.2. The summed E-state index contributed by atoms with van der Waals surface area (Å²) >= 11 is 8.04. The third-order valence-electron chi connectivity index (χ3n) is 3.29. The fraction of sp³-hybridized carbons (Fsp3) is 0.375. The molecule has 0 radical (unpaired) electrons. The van der Waals surface area contributed by atoms with Crippen molar-refractivity contribution < 1.29 is 9.47 Å². The van der Waals surface area contributed by atoms with Crippen LogP contribution in [0.25, 0.3) is 0 Å². The maximum Gasteiger partial charge on any atom is 0.179 e. The van der Waals surface area contributed by atoms with Gasteiger partial charge in [0.05, 0.1) is 18.7 Å². The molecule has 1 heterocycles. The van der Waals surface area contributed by atoms with Crippen molar-refractivity contribution in [3.05, 3.63) is 45.1 Å². The summed E-state index contributed by atoms with van der Waals surface area (Å²) in [5.74, 6) is 1.57. The van der Waals surface area contributed by atoms with Crippen molar-refractivity contribution in [2.75, 3.05) is 20.3 Å². The standard InChI is InChI=1S/C16H20ClNO2S/c1-3-20-16-13(17)8-11(9-14(16)19-2)7-12(10-18)15-5-4-6-21-15/h4-6,8-9,12H,3,7,10,18H2,1-2H3. The molecule has 21 heavy (non-hydrogen) atoms. The van der Waals surface area contributed by atoms with Crippen molar-refractivity contribution in [3.8, 4) is 11.5 Å². The minimum absolute atomic E-state index is 0.295. The molecule has 0 aliphatic carbocycles. The molecule has 0 saturated carbocycles. The first kappa shape index (κ1) is 16.1. The second-order valence-corrected chi connectivity index (χ2v) is 6.08. The molecule has 5 heteroatoms. The van der Waals surface area contributed by atoms with Crippen LogP contribution in [0.4, 0.5) is 0 Å². The predicted molar refractivity (Wildman–Crippen MR) is 89.0 cm³/mol. The van der Waals surface area contributed by atoms with Gasteiger partial charge in [-0.3, -0.25) is 0 Å². The zero-order valence-corrected chi connectivity index (χ0v) is 13.8. The molecule has 1 unspecified atom stereocenters. The van der Waals surface area contributed by atoms with Crippen LogP contribution in [0.15, 0.2) is 29.6 Å². The third kappa shape index (κ3) is 3.90. The van der Waals surface area contributed by atoms with Gasteiger partial charge in [-0.05, 0) is 42.5 Å². The number of nitrogens with two attached hydrogens (primary N) is 1. The highest BCUT2D eigenvalue weighted by molar-refractivity contribution is 7.10. The van der Waals surface area contributed by atoms with Gasteiger partial charge >= 0.3 is 0 Å². The number of ether oxygens (including phenoxy) is 2. The Morgan fingerprint density at radius 3 is 2.76 bits per heavy atom. The lowest BCUT2D eigenvalue weighted by atomic mass is 9.97. The summed E-state index contributed by atoms with van der Waals surface area (Å²) in [6, 6.07) is 8.09. The van der Waals surface area contributed by atoms with Crippen LogP contribution in [0.1, 0.15) is 23.3 Å². The summed E-state index contributed by atoms with van der Waals surface area (Å²) < 4.78 is 10.9. The van der Waals surface area contributed by atoms with Crippen LogP contribution in [0, 0.1) is 0 Å². The number of thiophene rings is 1. The first-order valence-electron chi connectivity index (χ1n) is 6.92. The molecule has 1 atom stereocenters. The van der Waals surface area contributed by atoms with Gasteiger partial charge in [0.15, 0.2) is 11.5 Å². The zero-order valence-electron chi connectivity index (χ0n) is 12.3. The summed E-state index contributed by atoms with van der Waals surface area (Å²) in [5, 5.41) is 2.65. The van der Waals surface area contributed by atoms with Crippen LogP contribution in [-0.4, -0.2) is 20.3 Å². The molecule has 0 amide bonds. The molecule has 0 aliphatic rings. The van der Waals surface area contributed by atoms with Gasteiger partial charge in [0.2, 0.25) is 0 Å². The fourth-order valence-electron chi connectivity index (χ4n) is 2.28. The van der Waals surface area contributed by atoms with Gasteiger partial charge in [-0.1, -0.05) is 17.7 Å². The molecular weight excluding hydrogens is 306 g/mol. The van der Waals surface area contributed by atoms with Crippen LogP contribution in [0.3, 0.4) is 0 Å². The lowest BCUT2D eigenvalue weighted by Crippen LogP contribution is -2.14. The largest absolute Gasteiger partial charge is 0.493 e.